The summed E-state index contributed by atoms with van der Waals surface area (Å²) in [5.41, 5.74) is 2.16. The molecule has 5 rings (SSSR count). The first kappa shape index (κ1) is 19.1. The van der Waals surface area contributed by atoms with Crippen molar-refractivity contribution in [2.75, 3.05) is 63.8 Å². The van der Waals surface area contributed by atoms with Crippen molar-refractivity contribution in [1.82, 2.24) is 9.47 Å². The molecule has 28 heavy (non-hydrogen) atoms. The molecule has 7 heteroatoms. The third-order valence-electron chi connectivity index (χ3n) is 6.51. The highest BCUT2D eigenvalue weighted by molar-refractivity contribution is 5.52. The van der Waals surface area contributed by atoms with Crippen molar-refractivity contribution in [3.05, 3.63) is 36.7 Å². The molecule has 0 radical (unpaired) electrons. The van der Waals surface area contributed by atoms with Gasteiger partial charge in [0.2, 0.25) is 0 Å². The number of aryl methyl sites for hydroxylation is 2. The molecular formula is C21H33N7+2. The second-order valence-electron chi connectivity index (χ2n) is 8.19. The van der Waals surface area contributed by atoms with Gasteiger partial charge in [0.05, 0.1) is 59.2 Å². The summed E-state index contributed by atoms with van der Waals surface area (Å²) < 4.78 is 5.24. The minimum atomic E-state index is 0.829. The maximum atomic E-state index is 4.40. The van der Waals surface area contributed by atoms with E-state index in [9.17, 15) is 0 Å². The molecule has 3 aliphatic rings. The molecule has 0 amide bonds. The number of anilines is 1. The first-order valence-corrected chi connectivity index (χ1v) is 10.4. The van der Waals surface area contributed by atoms with E-state index in [4.69, 9.17) is 0 Å². The number of azo groups is 1. The molecule has 150 valence electrons. The third-order valence-corrected chi connectivity index (χ3v) is 6.51. The van der Waals surface area contributed by atoms with Crippen LogP contribution in [0.1, 0.15) is 6.92 Å². The van der Waals surface area contributed by atoms with Gasteiger partial charge in [0.15, 0.2) is 0 Å². The van der Waals surface area contributed by atoms with Gasteiger partial charge >= 0.3 is 5.95 Å². The molecule has 3 fully saturated rings. The number of piperazine rings is 3. The van der Waals surface area contributed by atoms with Crippen molar-refractivity contribution in [3.8, 4) is 0 Å². The van der Waals surface area contributed by atoms with Gasteiger partial charge in [-0.2, -0.15) is 0 Å². The summed E-state index contributed by atoms with van der Waals surface area (Å²) in [5.74, 6) is 0.829. The Hall–Kier alpha value is -2.25. The van der Waals surface area contributed by atoms with Gasteiger partial charge < -0.3 is 9.38 Å². The molecule has 0 saturated carbocycles. The van der Waals surface area contributed by atoms with Crippen molar-refractivity contribution in [2.45, 2.75) is 6.92 Å². The zero-order valence-electron chi connectivity index (χ0n) is 17.5. The quantitative estimate of drug-likeness (QED) is 0.418. The molecule has 2 aromatic rings. The summed E-state index contributed by atoms with van der Waals surface area (Å²) >= 11 is 0. The van der Waals surface area contributed by atoms with E-state index in [2.05, 4.69) is 51.2 Å². The predicted molar refractivity (Wildman–Crippen MR) is 111 cm³/mol. The van der Waals surface area contributed by atoms with Crippen molar-refractivity contribution < 1.29 is 9.05 Å². The number of rotatable bonds is 7. The lowest BCUT2D eigenvalue weighted by Gasteiger charge is -2.51. The summed E-state index contributed by atoms with van der Waals surface area (Å²) in [6.07, 6.45) is 3.95. The van der Waals surface area contributed by atoms with E-state index < -0.39 is 0 Å². The Balaban J connectivity index is 1.39. The fraction of sp³-hybridized carbons (Fsp3) is 0.571. The minimum Gasteiger partial charge on any atom is -0.366 e. The average Bonchev–Trinajstić information content (AvgIpc) is 3.06. The van der Waals surface area contributed by atoms with E-state index in [-0.39, 0.29) is 0 Å². The fourth-order valence-corrected chi connectivity index (χ4v) is 4.43. The summed E-state index contributed by atoms with van der Waals surface area (Å²) in [6, 6.07) is 8.49. The molecular weight excluding hydrogens is 350 g/mol. The van der Waals surface area contributed by atoms with Crippen LogP contribution in [0.2, 0.25) is 0 Å². The molecule has 2 bridgehead atoms. The molecule has 0 spiro atoms. The average molecular weight is 384 g/mol. The van der Waals surface area contributed by atoms with Gasteiger partial charge in [0.25, 0.3) is 0 Å². The van der Waals surface area contributed by atoms with Crippen LogP contribution < -0.4 is 9.47 Å². The molecule has 0 aliphatic carbocycles. The van der Waals surface area contributed by atoms with Crippen LogP contribution in [-0.4, -0.2) is 72.9 Å². The van der Waals surface area contributed by atoms with Crippen LogP contribution in [-0.2, 0) is 14.1 Å². The molecule has 0 unspecified atom stereocenters. The van der Waals surface area contributed by atoms with Gasteiger partial charge in [0.1, 0.15) is 5.69 Å². The molecule has 3 aliphatic heterocycles. The number of benzene rings is 1. The highest BCUT2D eigenvalue weighted by Crippen LogP contribution is 2.23. The van der Waals surface area contributed by atoms with Gasteiger partial charge in [-0.15, -0.1) is 0 Å². The van der Waals surface area contributed by atoms with Crippen LogP contribution in [0.5, 0.6) is 0 Å². The zero-order valence-corrected chi connectivity index (χ0v) is 17.5. The van der Waals surface area contributed by atoms with Crippen LogP contribution in [0, 0.1) is 0 Å². The minimum absolute atomic E-state index is 0.829. The van der Waals surface area contributed by atoms with Crippen LogP contribution in [0.15, 0.2) is 46.9 Å². The number of fused-ring (bicyclic) bond motifs is 3. The summed E-state index contributed by atoms with van der Waals surface area (Å²) in [7, 11) is 3.95. The second-order valence-corrected chi connectivity index (χ2v) is 8.19. The Morgan fingerprint density at radius 1 is 1.07 bits per heavy atom. The van der Waals surface area contributed by atoms with Gasteiger partial charge in [-0.3, -0.25) is 4.90 Å². The van der Waals surface area contributed by atoms with Gasteiger partial charge in [-0.1, -0.05) is 5.11 Å². The normalized spacial score (nSPS) is 24.2. The monoisotopic (exact) mass is 383 g/mol. The molecule has 7 nitrogen and oxygen atoms in total. The number of hydrogen-bond acceptors (Lipinski definition) is 4. The van der Waals surface area contributed by atoms with Crippen LogP contribution in [0.4, 0.5) is 17.3 Å². The van der Waals surface area contributed by atoms with Gasteiger partial charge in [-0.25, -0.2) is 9.13 Å². The Bertz CT molecular complexity index is 783. The van der Waals surface area contributed by atoms with E-state index in [0.717, 1.165) is 24.7 Å². The summed E-state index contributed by atoms with van der Waals surface area (Å²) in [4.78, 5) is 5.10. The number of quaternary nitrogens is 1. The highest BCUT2D eigenvalue weighted by atomic mass is 15.5. The number of hydrogen-bond donors (Lipinski definition) is 0. The molecule has 3 saturated heterocycles. The smallest absolute Gasteiger partial charge is 0.366 e. The SMILES string of the molecule is CCN(CC[N+]12CCN(CC1)CC2)c1ccc(N=Nc2n(C)cc[n+]2C)cc1. The molecule has 0 N–H and O–H groups in total. The standard InChI is InChI=1S/C21H33N7/c1-4-27(14-18-28-15-11-26(12-16-28)13-17-28)20-7-5-19(6-8-20)22-23-21-24(2)9-10-25(21)3/h5-10H,4,11-18H2,1-3H3/q+2. The van der Waals surface area contributed by atoms with Crippen LogP contribution >= 0.6 is 0 Å². The van der Waals surface area contributed by atoms with E-state index in [1.54, 1.807) is 0 Å². The van der Waals surface area contributed by atoms with Crippen molar-refractivity contribution >= 4 is 17.3 Å². The number of nitrogens with zero attached hydrogens (tertiary/aromatic N) is 7. The van der Waals surface area contributed by atoms with Crippen LogP contribution in [0.3, 0.4) is 0 Å². The first-order valence-electron chi connectivity index (χ1n) is 10.4. The lowest BCUT2D eigenvalue weighted by Crippen LogP contribution is -2.68. The number of likely N-dealkylation sites (N-methyl/N-ethyl adjacent to an activating group) is 1. The van der Waals surface area contributed by atoms with Crippen molar-refractivity contribution in [3.63, 3.8) is 0 Å². The maximum Gasteiger partial charge on any atom is 0.421 e. The second kappa shape index (κ2) is 8.01. The molecule has 4 heterocycles. The molecule has 1 aromatic carbocycles. The number of aromatic nitrogens is 2. The Labute approximate surface area is 168 Å². The Morgan fingerprint density at radius 2 is 1.75 bits per heavy atom. The Morgan fingerprint density at radius 3 is 2.32 bits per heavy atom. The summed E-state index contributed by atoms with van der Waals surface area (Å²) in [5, 5.41) is 8.79. The predicted octanol–water partition coefficient (Wildman–Crippen LogP) is 2.24. The van der Waals surface area contributed by atoms with Gasteiger partial charge in [-0.05, 0) is 31.2 Å². The lowest BCUT2D eigenvalue weighted by atomic mass is 10.1. The van der Waals surface area contributed by atoms with Crippen molar-refractivity contribution in [2.24, 2.45) is 24.3 Å². The fourth-order valence-electron chi connectivity index (χ4n) is 4.43. The van der Waals surface area contributed by atoms with Crippen molar-refractivity contribution in [1.29, 1.82) is 0 Å². The third kappa shape index (κ3) is 3.95. The van der Waals surface area contributed by atoms with Gasteiger partial charge in [0, 0.05) is 37.0 Å². The lowest BCUT2D eigenvalue weighted by molar-refractivity contribution is -0.939. The van der Waals surface area contributed by atoms with Crippen LogP contribution in [0.25, 0.3) is 0 Å². The van der Waals surface area contributed by atoms with E-state index in [1.165, 1.54) is 56.0 Å². The Kier molecular flexibility index (Phi) is 5.46. The highest BCUT2D eigenvalue weighted by Gasteiger charge is 2.38. The summed E-state index contributed by atoms with van der Waals surface area (Å²) in [6.45, 7) is 13.5. The van der Waals surface area contributed by atoms with E-state index in [1.807, 2.05) is 35.6 Å². The van der Waals surface area contributed by atoms with E-state index in [0.29, 0.717) is 0 Å². The number of imidazole rings is 1. The zero-order chi connectivity index (χ0) is 19.6. The topological polar surface area (TPSA) is 40.0 Å². The molecule has 0 atom stereocenters. The largest absolute Gasteiger partial charge is 0.421 e. The van der Waals surface area contributed by atoms with E-state index >= 15 is 0 Å². The first-order chi connectivity index (χ1) is 13.6. The molecule has 1 aromatic heterocycles. The maximum absolute atomic E-state index is 4.40.